The summed E-state index contributed by atoms with van der Waals surface area (Å²) in [4.78, 5) is 14.6. The molecule has 0 spiro atoms. The van der Waals surface area contributed by atoms with Gasteiger partial charge >= 0.3 is 5.91 Å². The lowest BCUT2D eigenvalue weighted by Crippen LogP contribution is -2.59. The van der Waals surface area contributed by atoms with E-state index < -0.39 is 0 Å². The maximum Gasteiger partial charge on any atom is 0.305 e. The molecule has 6 heteroatoms. The van der Waals surface area contributed by atoms with Crippen molar-refractivity contribution in [3.8, 4) is 5.75 Å². The molecule has 6 nitrogen and oxygen atoms in total. The maximum atomic E-state index is 12.3. The second-order valence-electron chi connectivity index (χ2n) is 5.94. The van der Waals surface area contributed by atoms with Crippen molar-refractivity contribution in [2.75, 3.05) is 59.0 Å². The van der Waals surface area contributed by atoms with E-state index >= 15 is 0 Å². The highest BCUT2D eigenvalue weighted by Crippen LogP contribution is 2.20. The average molecular weight is 294 g/mol. The van der Waals surface area contributed by atoms with Crippen LogP contribution in [0.2, 0.25) is 0 Å². The van der Waals surface area contributed by atoms with Gasteiger partial charge in [-0.2, -0.15) is 5.06 Å². The molecule has 1 aromatic carbocycles. The predicted octanol–water partition coefficient (Wildman–Crippen LogP) is 0.809. The minimum Gasteiger partial charge on any atom is -0.497 e. The number of hydrogen-bond acceptors (Lipinski definition) is 4. The number of benzene rings is 1. The number of nitrogens with zero attached hydrogens (tertiary/aromatic N) is 3. The van der Waals surface area contributed by atoms with Crippen LogP contribution in [0.15, 0.2) is 24.3 Å². The lowest BCUT2D eigenvalue weighted by molar-refractivity contribution is -0.906. The molecule has 0 radical (unpaired) electrons. The van der Waals surface area contributed by atoms with Crippen molar-refractivity contribution in [2.45, 2.75) is 0 Å². The highest BCUT2D eigenvalue weighted by atomic mass is 16.5. The zero-order chi connectivity index (χ0) is 15.5. The Hall–Kier alpha value is -1.63. The molecule has 0 saturated carbocycles. The van der Waals surface area contributed by atoms with Gasteiger partial charge in [-0.3, -0.25) is 14.9 Å². The van der Waals surface area contributed by atoms with Crippen LogP contribution in [0, 0.1) is 0 Å². The minimum atomic E-state index is -0.296. The smallest absolute Gasteiger partial charge is 0.305 e. The molecule has 0 aromatic heterocycles. The largest absolute Gasteiger partial charge is 0.497 e. The number of quaternary nitrogens is 1. The van der Waals surface area contributed by atoms with E-state index in [4.69, 9.17) is 4.74 Å². The van der Waals surface area contributed by atoms with Crippen LogP contribution >= 0.6 is 0 Å². The number of piperazine rings is 1. The number of hydroxylamine groups is 1. The van der Waals surface area contributed by atoms with Crippen LogP contribution in [-0.2, 0) is 4.79 Å². The molecule has 1 aliphatic rings. The Morgan fingerprint density at radius 2 is 2.10 bits per heavy atom. The highest BCUT2D eigenvalue weighted by molar-refractivity contribution is 5.92. The van der Waals surface area contributed by atoms with Crippen LogP contribution in [0.3, 0.4) is 0 Å². The normalized spacial score (nSPS) is 18.3. The van der Waals surface area contributed by atoms with Gasteiger partial charge in [0.1, 0.15) is 5.75 Å². The summed E-state index contributed by atoms with van der Waals surface area (Å²) in [6.07, 6.45) is 0. The van der Waals surface area contributed by atoms with E-state index in [2.05, 4.69) is 19.0 Å². The van der Waals surface area contributed by atoms with E-state index in [9.17, 15) is 10.0 Å². The van der Waals surface area contributed by atoms with E-state index in [0.29, 0.717) is 22.5 Å². The Labute approximate surface area is 125 Å². The number of ether oxygens (including phenoxy) is 1. The molecule has 0 unspecified atom stereocenters. The van der Waals surface area contributed by atoms with Gasteiger partial charge in [0.25, 0.3) is 0 Å². The molecule has 1 saturated heterocycles. The van der Waals surface area contributed by atoms with E-state index in [1.165, 1.54) is 0 Å². The van der Waals surface area contributed by atoms with E-state index in [1.54, 1.807) is 31.4 Å². The van der Waals surface area contributed by atoms with Crippen LogP contribution in [0.4, 0.5) is 5.69 Å². The molecule has 116 valence electrons. The Kier molecular flexibility index (Phi) is 4.82. The van der Waals surface area contributed by atoms with Gasteiger partial charge in [0.05, 0.1) is 32.9 Å². The number of carbonyl (C=O) groups excluding carboxylic acids is 1. The molecule has 1 aromatic rings. The van der Waals surface area contributed by atoms with Crippen LogP contribution in [-0.4, -0.2) is 74.4 Å². The topological polar surface area (TPSA) is 53.0 Å². The fourth-order valence-electron chi connectivity index (χ4n) is 2.49. The van der Waals surface area contributed by atoms with Crippen LogP contribution in [0.25, 0.3) is 0 Å². The molecule has 0 aliphatic carbocycles. The molecule has 2 rings (SSSR count). The molecular weight excluding hydrogens is 270 g/mol. The number of likely N-dealkylation sites (N-methyl/N-ethyl adjacent to an activating group) is 2. The fourth-order valence-corrected chi connectivity index (χ4v) is 2.49. The van der Waals surface area contributed by atoms with Gasteiger partial charge in [-0.15, -0.1) is 0 Å². The standard InChI is InChI=1S/C15H24N3O3/c1-16-7-9-18(2,10-8-16)12-15(19)17(20)13-5-4-6-14(11-13)21-3/h4-6,11,20H,7-10,12H2,1-3H3/q+1. The summed E-state index contributed by atoms with van der Waals surface area (Å²) in [7, 11) is 5.70. The van der Waals surface area contributed by atoms with Crippen molar-refractivity contribution >= 4 is 11.6 Å². The first-order valence-corrected chi connectivity index (χ1v) is 7.11. The molecule has 1 heterocycles. The van der Waals surface area contributed by atoms with Crippen LogP contribution < -0.4 is 9.80 Å². The number of carbonyl (C=O) groups is 1. The molecule has 0 atom stereocenters. The van der Waals surface area contributed by atoms with Gasteiger partial charge < -0.3 is 9.22 Å². The third-order valence-corrected chi connectivity index (χ3v) is 4.09. The third-order valence-electron chi connectivity index (χ3n) is 4.09. The Morgan fingerprint density at radius 1 is 1.43 bits per heavy atom. The number of amides is 1. The van der Waals surface area contributed by atoms with Crippen molar-refractivity contribution in [1.82, 2.24) is 4.90 Å². The van der Waals surface area contributed by atoms with Crippen molar-refractivity contribution in [3.63, 3.8) is 0 Å². The lowest BCUT2D eigenvalue weighted by Gasteiger charge is -2.40. The number of anilines is 1. The van der Waals surface area contributed by atoms with Crippen molar-refractivity contribution in [3.05, 3.63) is 24.3 Å². The Bertz CT molecular complexity index is 499. The van der Waals surface area contributed by atoms with Gasteiger partial charge in [-0.05, 0) is 19.2 Å². The van der Waals surface area contributed by atoms with Crippen molar-refractivity contribution in [2.24, 2.45) is 0 Å². The first-order chi connectivity index (χ1) is 9.93. The third kappa shape index (κ3) is 3.93. The van der Waals surface area contributed by atoms with Crippen LogP contribution in [0.1, 0.15) is 0 Å². The zero-order valence-corrected chi connectivity index (χ0v) is 13.0. The van der Waals surface area contributed by atoms with Crippen molar-refractivity contribution < 1.29 is 19.2 Å². The highest BCUT2D eigenvalue weighted by Gasteiger charge is 2.31. The SMILES string of the molecule is COc1cccc(N(O)C(=O)C[N+]2(C)CCN(C)CC2)c1. The van der Waals surface area contributed by atoms with Gasteiger partial charge in [-0.1, -0.05) is 6.07 Å². The van der Waals surface area contributed by atoms with E-state index in [-0.39, 0.29) is 5.91 Å². The predicted molar refractivity (Wildman–Crippen MR) is 80.5 cm³/mol. The second-order valence-corrected chi connectivity index (χ2v) is 5.94. The quantitative estimate of drug-likeness (QED) is 0.507. The fraction of sp³-hybridized carbons (Fsp3) is 0.533. The number of methoxy groups -OCH3 is 1. The molecule has 1 amide bonds. The lowest BCUT2D eigenvalue weighted by atomic mass is 10.2. The van der Waals surface area contributed by atoms with E-state index in [1.807, 2.05) is 0 Å². The second kappa shape index (κ2) is 6.43. The van der Waals surface area contributed by atoms with Gasteiger partial charge in [0, 0.05) is 19.2 Å². The summed E-state index contributed by atoms with van der Waals surface area (Å²) in [5.74, 6) is 0.314. The van der Waals surface area contributed by atoms with Gasteiger partial charge in [-0.25, -0.2) is 0 Å². The molecule has 1 fully saturated rings. The Balaban J connectivity index is 2.02. The summed E-state index contributed by atoms with van der Waals surface area (Å²) >= 11 is 0. The zero-order valence-electron chi connectivity index (χ0n) is 13.0. The molecule has 1 aliphatic heterocycles. The van der Waals surface area contributed by atoms with Crippen molar-refractivity contribution in [1.29, 1.82) is 0 Å². The number of rotatable bonds is 4. The summed E-state index contributed by atoms with van der Waals surface area (Å²) in [5, 5.41) is 10.8. The average Bonchev–Trinajstić information content (AvgIpc) is 2.49. The maximum absolute atomic E-state index is 12.3. The van der Waals surface area contributed by atoms with Crippen LogP contribution in [0.5, 0.6) is 5.75 Å². The summed E-state index contributed by atoms with van der Waals surface area (Å²) in [5.41, 5.74) is 0.431. The van der Waals surface area contributed by atoms with Gasteiger partial charge in [0.15, 0.2) is 6.54 Å². The minimum absolute atomic E-state index is 0.293. The molecule has 21 heavy (non-hydrogen) atoms. The number of hydrogen-bond donors (Lipinski definition) is 1. The monoisotopic (exact) mass is 294 g/mol. The molecule has 0 bridgehead atoms. The first-order valence-electron chi connectivity index (χ1n) is 7.11. The molecular formula is C15H24N3O3+. The molecule has 1 N–H and O–H groups in total. The summed E-state index contributed by atoms with van der Waals surface area (Å²) in [6.45, 7) is 4.05. The first kappa shape index (κ1) is 15.8. The van der Waals surface area contributed by atoms with Gasteiger partial charge in [0.2, 0.25) is 0 Å². The Morgan fingerprint density at radius 3 is 2.71 bits per heavy atom. The van der Waals surface area contributed by atoms with E-state index in [0.717, 1.165) is 31.2 Å². The summed E-state index contributed by atoms with van der Waals surface area (Å²) in [6, 6.07) is 6.85. The summed E-state index contributed by atoms with van der Waals surface area (Å²) < 4.78 is 5.76.